The third-order valence-corrected chi connectivity index (χ3v) is 5.45. The van der Waals surface area contributed by atoms with Crippen molar-refractivity contribution in [3.8, 4) is 5.75 Å². The van der Waals surface area contributed by atoms with E-state index in [0.717, 1.165) is 5.39 Å². The lowest BCUT2D eigenvalue weighted by Gasteiger charge is -2.09. The molecule has 1 aliphatic rings. The average molecular weight is 439 g/mol. The van der Waals surface area contributed by atoms with Crippen LogP contribution in [0.4, 0.5) is 0 Å². The second kappa shape index (κ2) is 8.80. The van der Waals surface area contributed by atoms with E-state index in [2.05, 4.69) is 15.0 Å². The molecule has 1 aromatic carbocycles. The molecule has 3 aromatic rings. The van der Waals surface area contributed by atoms with E-state index in [1.54, 1.807) is 42.7 Å². The van der Waals surface area contributed by atoms with Crippen LogP contribution in [-0.2, 0) is 27.4 Å². The number of pyridine rings is 1. The molecule has 160 valence electrons. The average Bonchev–Trinajstić information content (AvgIpc) is 3.27. The fraction of sp³-hybridized carbons (Fsp3) is 0.190. The summed E-state index contributed by atoms with van der Waals surface area (Å²) < 4.78 is 30.9. The largest absolute Gasteiger partial charge is 0.760 e. The van der Waals surface area contributed by atoms with Gasteiger partial charge in [0.2, 0.25) is 0 Å². The molecule has 1 unspecified atom stereocenters. The minimum absolute atomic E-state index is 0.244. The molecule has 31 heavy (non-hydrogen) atoms. The van der Waals surface area contributed by atoms with Gasteiger partial charge in [-0.3, -0.25) is 19.1 Å². The number of carbonyl (C=O) groups excluding carboxylic acids is 2. The first-order chi connectivity index (χ1) is 15.0. The number of imide groups is 1. The number of benzene rings is 1. The minimum atomic E-state index is -2.32. The van der Waals surface area contributed by atoms with Crippen LogP contribution in [0.25, 0.3) is 22.2 Å². The van der Waals surface area contributed by atoms with Crippen LogP contribution in [-0.4, -0.2) is 43.8 Å². The fourth-order valence-electron chi connectivity index (χ4n) is 3.72. The molecule has 0 saturated heterocycles. The molecule has 0 radical (unpaired) electrons. The number of fused-ring (bicyclic) bond motifs is 1. The molecule has 2 N–H and O–H groups in total. The Balaban J connectivity index is 1.84. The van der Waals surface area contributed by atoms with Gasteiger partial charge in [-0.2, -0.15) is 0 Å². The van der Waals surface area contributed by atoms with Gasteiger partial charge in [0.25, 0.3) is 11.8 Å². The quantitative estimate of drug-likeness (QED) is 0.310. The molecule has 9 nitrogen and oxygen atoms in total. The third kappa shape index (κ3) is 4.00. The smallest absolute Gasteiger partial charge is 0.259 e. The topological polar surface area (TPSA) is 125 Å². The van der Waals surface area contributed by atoms with Gasteiger partial charge in [-0.25, -0.2) is 9.71 Å². The van der Waals surface area contributed by atoms with Crippen LogP contribution in [0.5, 0.6) is 5.75 Å². The summed E-state index contributed by atoms with van der Waals surface area (Å²) in [6.07, 6.45) is 3.94. The first kappa shape index (κ1) is 20.9. The van der Waals surface area contributed by atoms with Gasteiger partial charge in [0, 0.05) is 53.3 Å². The number of nitrogens with one attached hydrogen (secondary N) is 2. The van der Waals surface area contributed by atoms with Gasteiger partial charge >= 0.3 is 0 Å². The molecule has 2 aromatic heterocycles. The highest BCUT2D eigenvalue weighted by atomic mass is 32.2. The van der Waals surface area contributed by atoms with Gasteiger partial charge < -0.3 is 13.9 Å². The number of aromatic nitrogens is 2. The summed E-state index contributed by atoms with van der Waals surface area (Å²) >= 11 is -2.32. The number of ether oxygens (including phenoxy) is 1. The maximum atomic E-state index is 12.8. The Morgan fingerprint density at radius 3 is 2.61 bits per heavy atom. The predicted molar refractivity (Wildman–Crippen MR) is 114 cm³/mol. The minimum Gasteiger partial charge on any atom is -0.760 e. The van der Waals surface area contributed by atoms with Crippen molar-refractivity contribution in [3.05, 3.63) is 59.9 Å². The Labute approximate surface area is 180 Å². The van der Waals surface area contributed by atoms with Crippen molar-refractivity contribution >= 4 is 45.3 Å². The van der Waals surface area contributed by atoms with E-state index in [-0.39, 0.29) is 17.7 Å². The lowest BCUT2D eigenvalue weighted by Crippen LogP contribution is -2.22. The molecule has 1 aliphatic heterocycles. The monoisotopic (exact) mass is 439 g/mol. The van der Waals surface area contributed by atoms with Crippen LogP contribution in [0.1, 0.15) is 17.5 Å². The molecule has 4 rings (SSSR count). The van der Waals surface area contributed by atoms with Crippen molar-refractivity contribution in [2.75, 3.05) is 13.7 Å². The SMILES string of the molecule is COc1ccccc1C1=C(c2cn(CCCNS(=O)[O-])c3ncccc23)C(=O)NC1=O. The second-order valence-electron chi connectivity index (χ2n) is 6.83. The normalized spacial score (nSPS) is 14.9. The zero-order valence-corrected chi connectivity index (χ0v) is 17.4. The molecular formula is C21H19N4O5S-. The van der Waals surface area contributed by atoms with E-state index in [9.17, 15) is 18.4 Å². The summed E-state index contributed by atoms with van der Waals surface area (Å²) in [4.78, 5) is 30.0. The zero-order chi connectivity index (χ0) is 22.0. The molecule has 0 bridgehead atoms. The Hall–Kier alpha value is -3.34. The molecule has 10 heteroatoms. The van der Waals surface area contributed by atoms with Crippen molar-refractivity contribution in [2.45, 2.75) is 13.0 Å². The van der Waals surface area contributed by atoms with Crippen LogP contribution in [0.2, 0.25) is 0 Å². The number of aryl methyl sites for hydroxylation is 1. The molecule has 0 aliphatic carbocycles. The summed E-state index contributed by atoms with van der Waals surface area (Å²) in [7, 11) is 1.51. The molecule has 1 atom stereocenters. The Bertz CT molecular complexity index is 1230. The standard InChI is InChI=1S/C21H20N4O5S/c1-30-16-8-3-2-6-14(16)17-18(21(27)24-20(17)26)15-12-25(11-5-10-23-31(28)29)19-13(15)7-4-9-22-19/h2-4,6-9,12,23H,5,10-11H2,1H3,(H,28,29)(H,24,26,27)/p-1. The Morgan fingerprint density at radius 2 is 1.87 bits per heavy atom. The number of carbonyl (C=O) groups is 2. The number of amides is 2. The van der Waals surface area contributed by atoms with E-state index in [0.29, 0.717) is 35.5 Å². The molecule has 0 fully saturated rings. The van der Waals surface area contributed by atoms with Crippen molar-refractivity contribution in [3.63, 3.8) is 0 Å². The third-order valence-electron chi connectivity index (χ3n) is 5.01. The van der Waals surface area contributed by atoms with Crippen LogP contribution >= 0.6 is 0 Å². The fourth-order valence-corrected chi connectivity index (χ4v) is 4.03. The summed E-state index contributed by atoms with van der Waals surface area (Å²) in [6.45, 7) is 0.747. The highest BCUT2D eigenvalue weighted by molar-refractivity contribution is 7.77. The number of para-hydroxylation sites is 1. The Kier molecular flexibility index (Phi) is 5.94. The molecule has 3 heterocycles. The predicted octanol–water partition coefficient (Wildman–Crippen LogP) is 1.39. The van der Waals surface area contributed by atoms with Crippen molar-refractivity contribution in [1.29, 1.82) is 0 Å². The van der Waals surface area contributed by atoms with Crippen LogP contribution < -0.4 is 14.8 Å². The summed E-state index contributed by atoms with van der Waals surface area (Å²) in [5, 5.41) is 3.11. The molecular weight excluding hydrogens is 420 g/mol. The van der Waals surface area contributed by atoms with Gasteiger partial charge in [0.15, 0.2) is 0 Å². The second-order valence-corrected chi connectivity index (χ2v) is 7.58. The van der Waals surface area contributed by atoms with Crippen LogP contribution in [0.15, 0.2) is 48.8 Å². The first-order valence-electron chi connectivity index (χ1n) is 9.51. The highest BCUT2D eigenvalue weighted by Gasteiger charge is 2.35. The lowest BCUT2D eigenvalue weighted by molar-refractivity contribution is -0.122. The van der Waals surface area contributed by atoms with E-state index < -0.39 is 23.1 Å². The van der Waals surface area contributed by atoms with Gasteiger partial charge in [0.05, 0.1) is 18.3 Å². The summed E-state index contributed by atoms with van der Waals surface area (Å²) in [5.41, 5.74) is 2.24. The van der Waals surface area contributed by atoms with E-state index in [4.69, 9.17) is 4.74 Å². The number of hydrogen-bond acceptors (Lipinski definition) is 6. The number of methoxy groups -OCH3 is 1. The number of nitrogens with zero attached hydrogens (tertiary/aromatic N) is 2. The van der Waals surface area contributed by atoms with Gasteiger partial charge in [-0.15, -0.1) is 0 Å². The van der Waals surface area contributed by atoms with Crippen molar-refractivity contribution in [1.82, 2.24) is 19.6 Å². The summed E-state index contributed by atoms with van der Waals surface area (Å²) in [6, 6.07) is 10.6. The van der Waals surface area contributed by atoms with E-state index in [1.165, 1.54) is 7.11 Å². The number of rotatable bonds is 8. The molecule has 2 amide bonds. The summed E-state index contributed by atoms with van der Waals surface area (Å²) in [5.74, 6) is -0.493. The van der Waals surface area contributed by atoms with Gasteiger partial charge in [-0.1, -0.05) is 18.2 Å². The first-order valence-corrected chi connectivity index (χ1v) is 10.6. The zero-order valence-electron chi connectivity index (χ0n) is 16.6. The van der Waals surface area contributed by atoms with E-state index >= 15 is 0 Å². The van der Waals surface area contributed by atoms with E-state index in [1.807, 2.05) is 10.6 Å². The maximum Gasteiger partial charge on any atom is 0.259 e. The van der Waals surface area contributed by atoms with Crippen molar-refractivity contribution in [2.24, 2.45) is 0 Å². The van der Waals surface area contributed by atoms with Crippen LogP contribution in [0, 0.1) is 0 Å². The number of hydrogen-bond donors (Lipinski definition) is 2. The van der Waals surface area contributed by atoms with Crippen LogP contribution in [0.3, 0.4) is 0 Å². The van der Waals surface area contributed by atoms with Gasteiger partial charge in [0.1, 0.15) is 11.4 Å². The van der Waals surface area contributed by atoms with Crippen molar-refractivity contribution < 1.29 is 23.1 Å². The van der Waals surface area contributed by atoms with Gasteiger partial charge in [-0.05, 0) is 24.6 Å². The maximum absolute atomic E-state index is 12.8. The molecule has 0 saturated carbocycles. The lowest BCUT2D eigenvalue weighted by atomic mass is 9.96. The molecule has 0 spiro atoms. The Morgan fingerprint density at radius 1 is 1.13 bits per heavy atom. The highest BCUT2D eigenvalue weighted by Crippen LogP contribution is 2.38.